The fourth-order valence-electron chi connectivity index (χ4n) is 3.34. The van der Waals surface area contributed by atoms with Gasteiger partial charge in [-0.25, -0.2) is 0 Å². The highest BCUT2D eigenvalue weighted by Crippen LogP contribution is 2.32. The zero-order valence-electron chi connectivity index (χ0n) is 12.4. The Bertz CT molecular complexity index is 492. The molecule has 124 valence electrons. The van der Waals surface area contributed by atoms with Gasteiger partial charge in [-0.2, -0.15) is 8.78 Å². The van der Waals surface area contributed by atoms with Crippen molar-refractivity contribution in [2.24, 2.45) is 11.8 Å². The van der Waals surface area contributed by atoms with Crippen molar-refractivity contribution >= 4 is 12.4 Å². The summed E-state index contributed by atoms with van der Waals surface area (Å²) in [7, 11) is 1.46. The Kier molecular flexibility index (Phi) is 5.83. The molecule has 22 heavy (non-hydrogen) atoms. The van der Waals surface area contributed by atoms with Crippen LogP contribution in [0, 0.1) is 11.8 Å². The first-order chi connectivity index (χ1) is 10.2. The van der Waals surface area contributed by atoms with Crippen LogP contribution in [0.5, 0.6) is 11.5 Å². The van der Waals surface area contributed by atoms with E-state index in [4.69, 9.17) is 4.74 Å². The molecule has 2 aliphatic rings. The third-order valence-electron chi connectivity index (χ3n) is 4.32. The molecule has 2 saturated heterocycles. The van der Waals surface area contributed by atoms with Crippen molar-refractivity contribution in [2.75, 3.05) is 33.3 Å². The number of hydrogen-bond donors (Lipinski definition) is 1. The highest BCUT2D eigenvalue weighted by molar-refractivity contribution is 5.85. The molecule has 4 nitrogen and oxygen atoms in total. The van der Waals surface area contributed by atoms with Crippen LogP contribution in [0.1, 0.15) is 5.56 Å². The topological polar surface area (TPSA) is 33.7 Å². The van der Waals surface area contributed by atoms with Crippen molar-refractivity contribution in [2.45, 2.75) is 13.2 Å². The van der Waals surface area contributed by atoms with Crippen molar-refractivity contribution in [3.05, 3.63) is 23.8 Å². The van der Waals surface area contributed by atoms with Gasteiger partial charge in [0.25, 0.3) is 0 Å². The summed E-state index contributed by atoms with van der Waals surface area (Å²) in [4.78, 5) is 2.42. The molecule has 2 atom stereocenters. The minimum atomic E-state index is -2.84. The number of rotatable bonds is 5. The molecule has 1 aromatic rings. The molecule has 7 heteroatoms. The summed E-state index contributed by atoms with van der Waals surface area (Å²) in [6.07, 6.45) is 0. The van der Waals surface area contributed by atoms with Gasteiger partial charge in [-0.15, -0.1) is 12.4 Å². The van der Waals surface area contributed by atoms with Gasteiger partial charge in [-0.05, 0) is 42.6 Å². The fourth-order valence-corrected chi connectivity index (χ4v) is 3.34. The van der Waals surface area contributed by atoms with Gasteiger partial charge in [0.2, 0.25) is 0 Å². The molecule has 0 radical (unpaired) electrons. The Balaban J connectivity index is 0.00000176. The van der Waals surface area contributed by atoms with E-state index in [0.29, 0.717) is 5.75 Å². The van der Waals surface area contributed by atoms with Gasteiger partial charge in [-0.1, -0.05) is 6.07 Å². The fraction of sp³-hybridized carbons (Fsp3) is 0.600. The molecule has 3 rings (SSSR count). The highest BCUT2D eigenvalue weighted by atomic mass is 35.5. The van der Waals surface area contributed by atoms with E-state index in [-0.39, 0.29) is 18.2 Å². The number of methoxy groups -OCH3 is 1. The summed E-state index contributed by atoms with van der Waals surface area (Å²) in [6.45, 7) is 2.37. The minimum Gasteiger partial charge on any atom is -0.493 e. The Morgan fingerprint density at radius 2 is 1.91 bits per heavy atom. The quantitative estimate of drug-likeness (QED) is 0.896. The zero-order valence-corrected chi connectivity index (χ0v) is 13.2. The number of nitrogens with zero attached hydrogens (tertiary/aromatic N) is 1. The lowest BCUT2D eigenvalue weighted by molar-refractivity contribution is -0.0512. The second-order valence-corrected chi connectivity index (χ2v) is 5.74. The monoisotopic (exact) mass is 334 g/mol. The van der Waals surface area contributed by atoms with E-state index >= 15 is 0 Å². The SMILES string of the molecule is COc1cc(CN2C[C@H]3CNC[C@H]3C2)ccc1OC(F)F.Cl. The normalized spacial score (nSPS) is 24.2. The summed E-state index contributed by atoms with van der Waals surface area (Å²) in [5, 5.41) is 3.42. The molecule has 2 heterocycles. The standard InChI is InChI=1S/C15H20F2N2O2.ClH/c1-20-14-4-10(2-3-13(14)21-15(16)17)7-19-8-11-5-18-6-12(11)9-19;/h2-4,11-12,15,18H,5-9H2,1H3;1H/t11-,12+;. The number of nitrogens with one attached hydrogen (secondary N) is 1. The summed E-state index contributed by atoms with van der Waals surface area (Å²) < 4.78 is 34.2. The molecule has 0 spiro atoms. The van der Waals surface area contributed by atoms with Gasteiger partial charge < -0.3 is 14.8 Å². The Hall–Kier alpha value is -1.11. The van der Waals surface area contributed by atoms with E-state index in [2.05, 4.69) is 15.0 Å². The molecule has 0 unspecified atom stereocenters. The van der Waals surface area contributed by atoms with Crippen LogP contribution in [0.2, 0.25) is 0 Å². The molecular formula is C15H21ClF2N2O2. The van der Waals surface area contributed by atoms with Gasteiger partial charge in [0, 0.05) is 19.6 Å². The Labute approximate surface area is 135 Å². The molecule has 1 aromatic carbocycles. The summed E-state index contributed by atoms with van der Waals surface area (Å²) in [5.41, 5.74) is 1.06. The molecule has 1 N–H and O–H groups in total. The Morgan fingerprint density at radius 3 is 2.50 bits per heavy atom. The second kappa shape index (κ2) is 7.44. The van der Waals surface area contributed by atoms with Crippen LogP contribution >= 0.6 is 12.4 Å². The van der Waals surface area contributed by atoms with E-state index < -0.39 is 6.61 Å². The van der Waals surface area contributed by atoms with Crippen LogP contribution in [0.3, 0.4) is 0 Å². The number of halogens is 3. The molecular weight excluding hydrogens is 314 g/mol. The third kappa shape index (κ3) is 3.80. The minimum absolute atomic E-state index is 0. The summed E-state index contributed by atoms with van der Waals surface area (Å²) in [6, 6.07) is 5.16. The van der Waals surface area contributed by atoms with Gasteiger partial charge in [-0.3, -0.25) is 4.90 Å². The lowest BCUT2D eigenvalue weighted by Gasteiger charge is -2.18. The van der Waals surface area contributed by atoms with Gasteiger partial charge in [0.1, 0.15) is 0 Å². The molecule has 0 aromatic heterocycles. The van der Waals surface area contributed by atoms with E-state index in [1.165, 1.54) is 7.11 Å². The van der Waals surface area contributed by atoms with Crippen molar-refractivity contribution in [1.82, 2.24) is 10.2 Å². The molecule has 2 aliphatic heterocycles. The average molecular weight is 335 g/mol. The first kappa shape index (κ1) is 17.2. The van der Waals surface area contributed by atoms with E-state index in [0.717, 1.165) is 50.1 Å². The predicted molar refractivity (Wildman–Crippen MR) is 82.0 cm³/mol. The van der Waals surface area contributed by atoms with Crippen LogP contribution in [0.4, 0.5) is 8.78 Å². The number of alkyl halides is 2. The number of benzene rings is 1. The predicted octanol–water partition coefficient (Wildman–Crippen LogP) is 2.37. The van der Waals surface area contributed by atoms with Crippen molar-refractivity contribution in [1.29, 1.82) is 0 Å². The second-order valence-electron chi connectivity index (χ2n) is 5.74. The maximum atomic E-state index is 12.3. The maximum Gasteiger partial charge on any atom is 0.387 e. The van der Waals surface area contributed by atoms with Crippen LogP contribution in [-0.4, -0.2) is 44.8 Å². The van der Waals surface area contributed by atoms with Gasteiger partial charge in [0.15, 0.2) is 11.5 Å². The van der Waals surface area contributed by atoms with E-state index in [9.17, 15) is 8.78 Å². The van der Waals surface area contributed by atoms with Crippen molar-refractivity contribution in [3.63, 3.8) is 0 Å². The summed E-state index contributed by atoms with van der Waals surface area (Å²) in [5.74, 6) is 1.93. The Morgan fingerprint density at radius 1 is 1.23 bits per heavy atom. The molecule has 0 bridgehead atoms. The smallest absolute Gasteiger partial charge is 0.387 e. The number of hydrogen-bond acceptors (Lipinski definition) is 4. The molecule has 0 amide bonds. The van der Waals surface area contributed by atoms with Crippen molar-refractivity contribution < 1.29 is 18.3 Å². The average Bonchev–Trinajstić information content (AvgIpc) is 3.00. The number of fused-ring (bicyclic) bond motifs is 1. The molecule has 0 saturated carbocycles. The first-order valence-electron chi connectivity index (χ1n) is 7.20. The molecule has 2 fully saturated rings. The van der Waals surface area contributed by atoms with Crippen LogP contribution < -0.4 is 14.8 Å². The van der Waals surface area contributed by atoms with Crippen LogP contribution in [0.25, 0.3) is 0 Å². The largest absolute Gasteiger partial charge is 0.493 e. The number of ether oxygens (including phenoxy) is 2. The van der Waals surface area contributed by atoms with E-state index in [1.807, 2.05) is 6.07 Å². The third-order valence-corrected chi connectivity index (χ3v) is 4.32. The lowest BCUT2D eigenvalue weighted by Crippen LogP contribution is -2.25. The van der Waals surface area contributed by atoms with Gasteiger partial charge >= 0.3 is 6.61 Å². The van der Waals surface area contributed by atoms with Gasteiger partial charge in [0.05, 0.1) is 7.11 Å². The maximum absolute atomic E-state index is 12.3. The zero-order chi connectivity index (χ0) is 14.8. The highest BCUT2D eigenvalue weighted by Gasteiger charge is 2.35. The van der Waals surface area contributed by atoms with Crippen LogP contribution in [0.15, 0.2) is 18.2 Å². The molecule has 0 aliphatic carbocycles. The van der Waals surface area contributed by atoms with Crippen LogP contribution in [-0.2, 0) is 6.54 Å². The summed E-state index contributed by atoms with van der Waals surface area (Å²) >= 11 is 0. The first-order valence-corrected chi connectivity index (χ1v) is 7.20. The number of likely N-dealkylation sites (tertiary alicyclic amines) is 1. The van der Waals surface area contributed by atoms with Crippen molar-refractivity contribution in [3.8, 4) is 11.5 Å². The lowest BCUT2D eigenvalue weighted by atomic mass is 10.0. The van der Waals surface area contributed by atoms with E-state index in [1.54, 1.807) is 12.1 Å².